The fraction of sp³-hybridized carbons (Fsp3) is 0.833. The van der Waals surface area contributed by atoms with Crippen LogP contribution < -0.4 is 5.73 Å². The molecule has 1 aliphatic rings. The Kier molecular flexibility index (Phi) is 1.50. The highest BCUT2D eigenvalue weighted by Gasteiger charge is 2.35. The van der Waals surface area contributed by atoms with Crippen molar-refractivity contribution in [2.45, 2.75) is 12.8 Å². The number of hydrogen-bond donors (Lipinski definition) is 1. The Morgan fingerprint density at radius 2 is 2.50 bits per heavy atom. The van der Waals surface area contributed by atoms with Gasteiger partial charge in [-0.25, -0.2) is 0 Å². The van der Waals surface area contributed by atoms with E-state index in [1.165, 1.54) is 0 Å². The first-order chi connectivity index (χ1) is 3.88. The lowest BCUT2D eigenvalue weighted by Gasteiger charge is -1.85. The number of nitrogens with two attached hydrogens (primary N) is 1. The Balaban J connectivity index is 2.10. The van der Waals surface area contributed by atoms with Gasteiger partial charge in [-0.2, -0.15) is 5.26 Å². The molecule has 0 aliphatic heterocycles. The fourth-order valence-electron chi connectivity index (χ4n) is 0.939. The molecule has 0 spiro atoms. The van der Waals surface area contributed by atoms with Crippen molar-refractivity contribution in [1.29, 1.82) is 5.26 Å². The zero-order chi connectivity index (χ0) is 5.98. The predicted octanol–water partition coefficient (Wildman–Crippen LogP) is 0.495. The third kappa shape index (κ3) is 0.988. The van der Waals surface area contributed by atoms with Crippen LogP contribution in [-0.2, 0) is 0 Å². The number of nitrogens with zero attached hydrogens (tertiary/aromatic N) is 1. The van der Waals surface area contributed by atoms with E-state index in [0.717, 1.165) is 19.4 Å². The van der Waals surface area contributed by atoms with Crippen molar-refractivity contribution in [3.63, 3.8) is 0 Å². The van der Waals surface area contributed by atoms with Gasteiger partial charge in [-0.3, -0.25) is 0 Å². The van der Waals surface area contributed by atoms with Crippen LogP contribution in [0.15, 0.2) is 0 Å². The molecular weight excluding hydrogens is 100 g/mol. The Bertz CT molecular complexity index is 114. The average Bonchev–Trinajstić information content (AvgIpc) is 2.48. The van der Waals surface area contributed by atoms with Crippen LogP contribution in [0.5, 0.6) is 0 Å². The van der Waals surface area contributed by atoms with Gasteiger partial charge in [-0.15, -0.1) is 0 Å². The van der Waals surface area contributed by atoms with E-state index in [0.29, 0.717) is 11.8 Å². The van der Waals surface area contributed by atoms with E-state index in [1.807, 2.05) is 0 Å². The monoisotopic (exact) mass is 110 g/mol. The van der Waals surface area contributed by atoms with Crippen LogP contribution in [0.1, 0.15) is 12.8 Å². The van der Waals surface area contributed by atoms with E-state index in [9.17, 15) is 0 Å². The minimum absolute atomic E-state index is 0.346. The smallest absolute Gasteiger partial charge is 0.0658 e. The molecule has 0 aromatic carbocycles. The molecule has 1 aliphatic carbocycles. The van der Waals surface area contributed by atoms with Gasteiger partial charge in [0.05, 0.1) is 6.07 Å². The molecule has 0 bridgehead atoms. The summed E-state index contributed by atoms with van der Waals surface area (Å²) in [6, 6.07) is 2.22. The first-order valence-electron chi connectivity index (χ1n) is 2.98. The first-order valence-corrected chi connectivity index (χ1v) is 2.98. The third-order valence-electron chi connectivity index (χ3n) is 1.63. The van der Waals surface area contributed by atoms with Gasteiger partial charge in [0.1, 0.15) is 0 Å². The summed E-state index contributed by atoms with van der Waals surface area (Å²) in [6.45, 7) is 0.739. The van der Waals surface area contributed by atoms with Crippen molar-refractivity contribution in [2.24, 2.45) is 17.6 Å². The summed E-state index contributed by atoms with van der Waals surface area (Å²) in [5.74, 6) is 0.989. The molecule has 0 heterocycles. The SMILES string of the molecule is N#C[C@@H]1CC1CCN. The fourth-order valence-corrected chi connectivity index (χ4v) is 0.939. The molecule has 2 N–H and O–H groups in total. The van der Waals surface area contributed by atoms with Gasteiger partial charge in [0.25, 0.3) is 0 Å². The van der Waals surface area contributed by atoms with Crippen molar-refractivity contribution in [3.05, 3.63) is 0 Å². The molecule has 0 radical (unpaired) electrons. The van der Waals surface area contributed by atoms with E-state index in [4.69, 9.17) is 11.0 Å². The summed E-state index contributed by atoms with van der Waals surface area (Å²) in [7, 11) is 0. The number of nitriles is 1. The zero-order valence-electron chi connectivity index (χ0n) is 4.80. The van der Waals surface area contributed by atoms with Crippen LogP contribution >= 0.6 is 0 Å². The van der Waals surface area contributed by atoms with E-state index < -0.39 is 0 Å². The molecule has 44 valence electrons. The van der Waals surface area contributed by atoms with Crippen LogP contribution in [-0.4, -0.2) is 6.54 Å². The first kappa shape index (κ1) is 5.58. The second-order valence-corrected chi connectivity index (χ2v) is 2.31. The van der Waals surface area contributed by atoms with Crippen LogP contribution in [0.3, 0.4) is 0 Å². The molecule has 0 aromatic heterocycles. The van der Waals surface area contributed by atoms with Crippen LogP contribution in [0.2, 0.25) is 0 Å². The van der Waals surface area contributed by atoms with Gasteiger partial charge in [0.15, 0.2) is 0 Å². The van der Waals surface area contributed by atoms with Crippen LogP contribution in [0.25, 0.3) is 0 Å². The van der Waals surface area contributed by atoms with E-state index in [1.54, 1.807) is 0 Å². The summed E-state index contributed by atoms with van der Waals surface area (Å²) in [5.41, 5.74) is 5.28. The van der Waals surface area contributed by atoms with Crippen LogP contribution in [0, 0.1) is 23.2 Å². The topological polar surface area (TPSA) is 49.8 Å². The van der Waals surface area contributed by atoms with E-state index in [2.05, 4.69) is 6.07 Å². The van der Waals surface area contributed by atoms with Gasteiger partial charge in [-0.1, -0.05) is 0 Å². The van der Waals surface area contributed by atoms with Gasteiger partial charge < -0.3 is 5.73 Å². The summed E-state index contributed by atoms with van der Waals surface area (Å²) >= 11 is 0. The predicted molar refractivity (Wildman–Crippen MR) is 30.9 cm³/mol. The molecule has 2 atom stereocenters. The molecule has 1 saturated carbocycles. The standard InChI is InChI=1S/C6H10N2/c7-2-1-5-3-6(5)4-8/h5-6H,1-3,7H2/t5?,6-/m0/s1. The molecule has 8 heavy (non-hydrogen) atoms. The lowest BCUT2D eigenvalue weighted by atomic mass is 10.2. The van der Waals surface area contributed by atoms with Crippen molar-refractivity contribution < 1.29 is 0 Å². The van der Waals surface area contributed by atoms with Gasteiger partial charge in [-0.05, 0) is 25.3 Å². The molecule has 0 aromatic rings. The Morgan fingerprint density at radius 3 is 2.88 bits per heavy atom. The van der Waals surface area contributed by atoms with Gasteiger partial charge in [0, 0.05) is 5.92 Å². The molecule has 1 rings (SSSR count). The summed E-state index contributed by atoms with van der Waals surface area (Å²) < 4.78 is 0. The Labute approximate surface area is 49.3 Å². The second-order valence-electron chi connectivity index (χ2n) is 2.31. The number of hydrogen-bond acceptors (Lipinski definition) is 2. The van der Waals surface area contributed by atoms with Gasteiger partial charge in [0.2, 0.25) is 0 Å². The maximum absolute atomic E-state index is 8.31. The Morgan fingerprint density at radius 1 is 1.75 bits per heavy atom. The maximum atomic E-state index is 8.31. The molecule has 1 unspecified atom stereocenters. The zero-order valence-corrected chi connectivity index (χ0v) is 4.80. The normalized spacial score (nSPS) is 34.0. The highest BCUT2D eigenvalue weighted by atomic mass is 14.5. The Hall–Kier alpha value is -0.550. The second kappa shape index (κ2) is 2.15. The van der Waals surface area contributed by atoms with Crippen molar-refractivity contribution in [2.75, 3.05) is 6.54 Å². The minimum Gasteiger partial charge on any atom is -0.330 e. The quantitative estimate of drug-likeness (QED) is 0.562. The van der Waals surface area contributed by atoms with Gasteiger partial charge >= 0.3 is 0 Å². The van der Waals surface area contributed by atoms with E-state index >= 15 is 0 Å². The van der Waals surface area contributed by atoms with Crippen LogP contribution in [0.4, 0.5) is 0 Å². The molecule has 2 heteroatoms. The highest BCUT2D eigenvalue weighted by molar-refractivity contribution is 5.00. The molecule has 1 fully saturated rings. The van der Waals surface area contributed by atoms with E-state index in [-0.39, 0.29) is 0 Å². The minimum atomic E-state index is 0.346. The molecular formula is C6H10N2. The molecule has 0 saturated heterocycles. The lowest BCUT2D eigenvalue weighted by molar-refractivity contribution is 0.710. The molecule has 2 nitrogen and oxygen atoms in total. The highest BCUT2D eigenvalue weighted by Crippen LogP contribution is 2.39. The summed E-state index contributed by atoms with van der Waals surface area (Å²) in [6.07, 6.45) is 2.13. The number of rotatable bonds is 2. The molecule has 0 amide bonds. The van der Waals surface area contributed by atoms with Crippen molar-refractivity contribution in [1.82, 2.24) is 0 Å². The summed E-state index contributed by atoms with van der Waals surface area (Å²) in [4.78, 5) is 0. The van der Waals surface area contributed by atoms with Crippen molar-refractivity contribution >= 4 is 0 Å². The summed E-state index contributed by atoms with van der Waals surface area (Å²) in [5, 5.41) is 8.31. The third-order valence-corrected chi connectivity index (χ3v) is 1.63. The van der Waals surface area contributed by atoms with Crippen molar-refractivity contribution in [3.8, 4) is 6.07 Å². The largest absolute Gasteiger partial charge is 0.330 e. The lowest BCUT2D eigenvalue weighted by Crippen LogP contribution is -1.99. The maximum Gasteiger partial charge on any atom is 0.0658 e. The average molecular weight is 110 g/mol.